The van der Waals surface area contributed by atoms with Crippen LogP contribution in [0.1, 0.15) is 40.0 Å². The molecule has 2 heteroatoms. The quantitative estimate of drug-likeness (QED) is 0.551. The highest BCUT2D eigenvalue weighted by Crippen LogP contribution is 2.31. The molecule has 1 aliphatic carbocycles. The third kappa shape index (κ3) is 2.01. The van der Waals surface area contributed by atoms with E-state index in [2.05, 4.69) is 32.2 Å². The largest absolute Gasteiger partial charge is 0.373 e. The molecule has 3 atom stereocenters. The van der Waals surface area contributed by atoms with Gasteiger partial charge in [-0.15, -0.1) is 0 Å². The molecular formula is C12H21NO. The van der Waals surface area contributed by atoms with E-state index >= 15 is 0 Å². The van der Waals surface area contributed by atoms with Gasteiger partial charge in [0, 0.05) is 6.04 Å². The van der Waals surface area contributed by atoms with E-state index in [0.717, 1.165) is 19.3 Å². The minimum atomic E-state index is 0.426. The second kappa shape index (κ2) is 4.03. The van der Waals surface area contributed by atoms with Crippen LogP contribution in [0.15, 0.2) is 11.6 Å². The molecule has 0 unspecified atom stereocenters. The second-order valence-corrected chi connectivity index (χ2v) is 4.55. The maximum absolute atomic E-state index is 6.11. The molecule has 0 amide bonds. The number of ether oxygens (including phenoxy) is 1. The lowest BCUT2D eigenvalue weighted by Gasteiger charge is -2.25. The Morgan fingerprint density at radius 3 is 2.86 bits per heavy atom. The van der Waals surface area contributed by atoms with Crippen LogP contribution in [0.2, 0.25) is 0 Å². The molecule has 0 spiro atoms. The topological polar surface area (TPSA) is 31.2 Å². The van der Waals surface area contributed by atoms with E-state index in [-0.39, 0.29) is 0 Å². The zero-order valence-corrected chi connectivity index (χ0v) is 9.42. The highest BCUT2D eigenvalue weighted by molar-refractivity contribution is 5.24. The van der Waals surface area contributed by atoms with Crippen LogP contribution in [0.5, 0.6) is 0 Å². The van der Waals surface area contributed by atoms with Crippen molar-refractivity contribution in [3.05, 3.63) is 11.6 Å². The zero-order chi connectivity index (χ0) is 10.1. The van der Waals surface area contributed by atoms with Crippen LogP contribution in [0.4, 0.5) is 0 Å². The molecule has 0 aromatic carbocycles. The number of hydrogen-bond acceptors (Lipinski definition) is 2. The first-order valence-corrected chi connectivity index (χ1v) is 5.83. The van der Waals surface area contributed by atoms with E-state index in [1.807, 2.05) is 0 Å². The lowest BCUT2D eigenvalue weighted by Crippen LogP contribution is -2.30. The van der Waals surface area contributed by atoms with Gasteiger partial charge < -0.3 is 10.1 Å². The molecule has 1 N–H and O–H groups in total. The third-order valence-electron chi connectivity index (χ3n) is 3.33. The average Bonchev–Trinajstić information content (AvgIpc) is 2.92. The Labute approximate surface area is 86.7 Å². The molecule has 1 heterocycles. The Balaban J connectivity index is 1.90. The van der Waals surface area contributed by atoms with Crippen molar-refractivity contribution in [1.82, 2.24) is 5.32 Å². The van der Waals surface area contributed by atoms with Gasteiger partial charge in [0.05, 0.1) is 18.2 Å². The molecule has 80 valence electrons. The molecule has 14 heavy (non-hydrogen) atoms. The summed E-state index contributed by atoms with van der Waals surface area (Å²) in [4.78, 5) is 0. The van der Waals surface area contributed by atoms with Gasteiger partial charge in [0.25, 0.3) is 0 Å². The Hall–Kier alpha value is -0.340. The highest BCUT2D eigenvalue weighted by Gasteiger charge is 2.44. The van der Waals surface area contributed by atoms with Crippen LogP contribution in [0, 0.1) is 0 Å². The summed E-state index contributed by atoms with van der Waals surface area (Å²) in [5, 5.41) is 3.46. The Morgan fingerprint density at radius 1 is 1.50 bits per heavy atom. The monoisotopic (exact) mass is 195 g/mol. The summed E-state index contributed by atoms with van der Waals surface area (Å²) in [6, 6.07) is 1.22. The van der Waals surface area contributed by atoms with E-state index < -0.39 is 0 Å². The molecule has 0 aromatic heterocycles. The van der Waals surface area contributed by atoms with Crippen LogP contribution < -0.4 is 5.32 Å². The van der Waals surface area contributed by atoms with E-state index in [1.165, 1.54) is 5.57 Å². The molecule has 2 rings (SSSR count). The summed E-state index contributed by atoms with van der Waals surface area (Å²) in [5.41, 5.74) is 1.48. The zero-order valence-electron chi connectivity index (χ0n) is 9.42. The SMILES string of the molecule is CCC(CC)O[C@@H]1CC(C)=C[C@H]2N[C@H]21. The van der Waals surface area contributed by atoms with Gasteiger partial charge in [0.2, 0.25) is 0 Å². The first kappa shape index (κ1) is 10.2. The van der Waals surface area contributed by atoms with E-state index in [9.17, 15) is 0 Å². The molecule has 1 saturated heterocycles. The number of hydrogen-bond donors (Lipinski definition) is 1. The minimum absolute atomic E-state index is 0.426. The lowest BCUT2D eigenvalue weighted by molar-refractivity contribution is -0.0173. The van der Waals surface area contributed by atoms with Crippen molar-refractivity contribution in [2.24, 2.45) is 0 Å². The molecule has 0 bridgehead atoms. The summed E-state index contributed by atoms with van der Waals surface area (Å²) in [7, 11) is 0. The fourth-order valence-corrected chi connectivity index (χ4v) is 2.34. The summed E-state index contributed by atoms with van der Waals surface area (Å²) >= 11 is 0. The molecule has 0 radical (unpaired) electrons. The van der Waals surface area contributed by atoms with Crippen molar-refractivity contribution in [1.29, 1.82) is 0 Å². The molecule has 0 saturated carbocycles. The van der Waals surface area contributed by atoms with Gasteiger partial charge in [-0.05, 0) is 26.2 Å². The van der Waals surface area contributed by atoms with Crippen LogP contribution in [-0.2, 0) is 4.74 Å². The first-order chi connectivity index (χ1) is 6.74. The van der Waals surface area contributed by atoms with Crippen molar-refractivity contribution < 1.29 is 4.74 Å². The number of nitrogens with one attached hydrogen (secondary N) is 1. The normalized spacial score (nSPS) is 35.4. The van der Waals surface area contributed by atoms with Gasteiger partial charge in [0.1, 0.15) is 0 Å². The van der Waals surface area contributed by atoms with Gasteiger partial charge in [-0.1, -0.05) is 25.5 Å². The van der Waals surface area contributed by atoms with Gasteiger partial charge in [0.15, 0.2) is 0 Å². The van der Waals surface area contributed by atoms with Crippen molar-refractivity contribution in [2.45, 2.75) is 64.3 Å². The van der Waals surface area contributed by atoms with Crippen LogP contribution in [-0.4, -0.2) is 24.3 Å². The lowest BCUT2D eigenvalue weighted by atomic mass is 9.97. The maximum atomic E-state index is 6.11. The molecule has 2 nitrogen and oxygen atoms in total. The average molecular weight is 195 g/mol. The van der Waals surface area contributed by atoms with Gasteiger partial charge in [-0.2, -0.15) is 0 Å². The standard InChI is InChI=1S/C12H21NO/c1-4-9(5-2)14-11-7-8(3)6-10-12(11)13-10/h6,9-13H,4-5,7H2,1-3H3/t10-,11-,12-/m1/s1. The fourth-order valence-electron chi connectivity index (χ4n) is 2.34. The van der Waals surface area contributed by atoms with Crippen LogP contribution in [0.3, 0.4) is 0 Å². The predicted molar refractivity (Wildman–Crippen MR) is 58.3 cm³/mol. The molecule has 1 fully saturated rings. The number of fused-ring (bicyclic) bond motifs is 1. The molecule has 1 aliphatic heterocycles. The Kier molecular flexibility index (Phi) is 2.93. The van der Waals surface area contributed by atoms with E-state index in [1.54, 1.807) is 0 Å². The second-order valence-electron chi connectivity index (χ2n) is 4.55. The van der Waals surface area contributed by atoms with Crippen molar-refractivity contribution in [3.8, 4) is 0 Å². The van der Waals surface area contributed by atoms with Gasteiger partial charge >= 0.3 is 0 Å². The highest BCUT2D eigenvalue weighted by atomic mass is 16.5. The Bertz CT molecular complexity index is 232. The maximum Gasteiger partial charge on any atom is 0.0787 e. The minimum Gasteiger partial charge on any atom is -0.373 e. The molecule has 2 aliphatic rings. The van der Waals surface area contributed by atoms with Gasteiger partial charge in [-0.25, -0.2) is 0 Å². The Morgan fingerprint density at radius 2 is 2.21 bits per heavy atom. The summed E-state index contributed by atoms with van der Waals surface area (Å²) < 4.78 is 6.11. The molecule has 0 aromatic rings. The van der Waals surface area contributed by atoms with Crippen molar-refractivity contribution in [2.75, 3.05) is 0 Å². The van der Waals surface area contributed by atoms with E-state index in [0.29, 0.717) is 24.3 Å². The summed E-state index contributed by atoms with van der Waals surface area (Å²) in [6.45, 7) is 6.62. The smallest absolute Gasteiger partial charge is 0.0787 e. The van der Waals surface area contributed by atoms with Gasteiger partial charge in [-0.3, -0.25) is 0 Å². The summed E-state index contributed by atoms with van der Waals surface area (Å²) in [5.74, 6) is 0. The van der Waals surface area contributed by atoms with Crippen LogP contribution >= 0.6 is 0 Å². The number of rotatable bonds is 4. The third-order valence-corrected chi connectivity index (χ3v) is 3.33. The molecular weight excluding hydrogens is 174 g/mol. The van der Waals surface area contributed by atoms with Crippen LogP contribution in [0.25, 0.3) is 0 Å². The van der Waals surface area contributed by atoms with E-state index in [4.69, 9.17) is 4.74 Å². The summed E-state index contributed by atoms with van der Waals surface area (Å²) in [6.07, 6.45) is 6.60. The van der Waals surface area contributed by atoms with Crippen molar-refractivity contribution >= 4 is 0 Å². The predicted octanol–water partition coefficient (Wildman–Crippen LogP) is 2.25. The first-order valence-electron chi connectivity index (χ1n) is 5.83. The van der Waals surface area contributed by atoms with Crippen molar-refractivity contribution in [3.63, 3.8) is 0 Å². The fraction of sp³-hybridized carbons (Fsp3) is 0.833.